The minimum atomic E-state index is -0.141. The van der Waals surface area contributed by atoms with Gasteiger partial charge in [0.25, 0.3) is 0 Å². The first-order valence-corrected chi connectivity index (χ1v) is 5.07. The van der Waals surface area contributed by atoms with E-state index in [2.05, 4.69) is 12.2 Å². The number of carbonyl (C=O) groups excluding carboxylic acids is 1. The third-order valence-corrected chi connectivity index (χ3v) is 2.03. The maximum atomic E-state index is 11.2. The highest BCUT2D eigenvalue weighted by Gasteiger charge is 2.16. The Hall–Kier alpha value is -0.570. The molecule has 3 heteroatoms. The first-order valence-electron chi connectivity index (χ1n) is 5.07. The number of esters is 1. The summed E-state index contributed by atoms with van der Waals surface area (Å²) >= 11 is 0. The Labute approximate surface area is 80.8 Å². The van der Waals surface area contributed by atoms with Crippen molar-refractivity contribution in [3.05, 3.63) is 0 Å². The van der Waals surface area contributed by atoms with Gasteiger partial charge in [0.2, 0.25) is 0 Å². The van der Waals surface area contributed by atoms with Crippen LogP contribution in [0.1, 0.15) is 39.5 Å². The molecule has 3 nitrogen and oxygen atoms in total. The van der Waals surface area contributed by atoms with E-state index in [-0.39, 0.29) is 12.0 Å². The Morgan fingerprint density at radius 3 is 2.54 bits per heavy atom. The van der Waals surface area contributed by atoms with Gasteiger partial charge in [0.05, 0.1) is 7.11 Å². The second-order valence-corrected chi connectivity index (χ2v) is 3.13. The van der Waals surface area contributed by atoms with Crippen LogP contribution in [0.3, 0.4) is 0 Å². The van der Waals surface area contributed by atoms with Gasteiger partial charge in [-0.3, -0.25) is 4.79 Å². The minimum Gasteiger partial charge on any atom is -0.468 e. The normalized spacial score (nSPS) is 12.5. The highest BCUT2D eigenvalue weighted by Crippen LogP contribution is 2.04. The van der Waals surface area contributed by atoms with Gasteiger partial charge in [0.1, 0.15) is 6.04 Å². The van der Waals surface area contributed by atoms with E-state index in [0.29, 0.717) is 0 Å². The smallest absolute Gasteiger partial charge is 0.322 e. The van der Waals surface area contributed by atoms with Gasteiger partial charge in [-0.05, 0) is 13.0 Å². The van der Waals surface area contributed by atoms with Gasteiger partial charge in [0.15, 0.2) is 0 Å². The topological polar surface area (TPSA) is 38.3 Å². The number of methoxy groups -OCH3 is 1. The number of unbranched alkanes of at least 4 members (excludes halogenated alkanes) is 2. The van der Waals surface area contributed by atoms with Gasteiger partial charge in [-0.25, -0.2) is 0 Å². The molecule has 0 aromatic carbocycles. The van der Waals surface area contributed by atoms with Gasteiger partial charge in [-0.15, -0.1) is 0 Å². The van der Waals surface area contributed by atoms with Gasteiger partial charge in [0, 0.05) is 0 Å². The second-order valence-electron chi connectivity index (χ2n) is 3.13. The number of rotatable bonds is 7. The molecule has 0 fully saturated rings. The number of nitrogens with one attached hydrogen (secondary N) is 1. The highest BCUT2D eigenvalue weighted by atomic mass is 16.5. The standard InChI is InChI=1S/C10H21NO2/c1-4-6-7-8-9(11-5-2)10(12)13-3/h9,11H,4-8H2,1-3H3. The molecule has 13 heavy (non-hydrogen) atoms. The third-order valence-electron chi connectivity index (χ3n) is 2.03. The second kappa shape index (κ2) is 8.05. The highest BCUT2D eigenvalue weighted by molar-refractivity contribution is 5.75. The fraction of sp³-hybridized carbons (Fsp3) is 0.900. The average Bonchev–Trinajstić information content (AvgIpc) is 2.16. The largest absolute Gasteiger partial charge is 0.468 e. The Morgan fingerprint density at radius 2 is 2.08 bits per heavy atom. The third kappa shape index (κ3) is 5.64. The van der Waals surface area contributed by atoms with Gasteiger partial charge < -0.3 is 10.1 Å². The molecule has 0 spiro atoms. The quantitative estimate of drug-likeness (QED) is 0.487. The molecule has 0 aliphatic heterocycles. The molecule has 0 saturated carbocycles. The molecule has 0 amide bonds. The average molecular weight is 187 g/mol. The Morgan fingerprint density at radius 1 is 1.38 bits per heavy atom. The van der Waals surface area contributed by atoms with Crippen LogP contribution >= 0.6 is 0 Å². The molecule has 1 atom stereocenters. The van der Waals surface area contributed by atoms with Crippen LogP contribution in [0.4, 0.5) is 0 Å². The van der Waals surface area contributed by atoms with E-state index in [1.807, 2.05) is 6.92 Å². The van der Waals surface area contributed by atoms with Crippen molar-refractivity contribution in [2.24, 2.45) is 0 Å². The monoisotopic (exact) mass is 187 g/mol. The van der Waals surface area contributed by atoms with Crippen LogP contribution in [0.2, 0.25) is 0 Å². The van der Waals surface area contributed by atoms with E-state index in [1.54, 1.807) is 0 Å². The summed E-state index contributed by atoms with van der Waals surface area (Å²) in [5.74, 6) is -0.141. The number of carbonyl (C=O) groups is 1. The fourth-order valence-corrected chi connectivity index (χ4v) is 1.29. The summed E-state index contributed by atoms with van der Waals surface area (Å²) in [6.45, 7) is 4.96. The number of hydrogen-bond donors (Lipinski definition) is 1. The number of ether oxygens (including phenoxy) is 1. The molecule has 1 N–H and O–H groups in total. The Balaban J connectivity index is 3.73. The summed E-state index contributed by atoms with van der Waals surface area (Å²) in [6.07, 6.45) is 4.33. The van der Waals surface area contributed by atoms with Crippen LogP contribution < -0.4 is 5.32 Å². The molecule has 0 heterocycles. The predicted molar refractivity (Wildman–Crippen MR) is 53.6 cm³/mol. The summed E-state index contributed by atoms with van der Waals surface area (Å²) < 4.78 is 4.69. The summed E-state index contributed by atoms with van der Waals surface area (Å²) in [7, 11) is 1.44. The van der Waals surface area contributed by atoms with E-state index >= 15 is 0 Å². The summed E-state index contributed by atoms with van der Waals surface area (Å²) in [5.41, 5.74) is 0. The zero-order valence-electron chi connectivity index (χ0n) is 8.93. The van der Waals surface area contributed by atoms with Crippen molar-refractivity contribution in [3.63, 3.8) is 0 Å². The van der Waals surface area contributed by atoms with E-state index < -0.39 is 0 Å². The molecule has 0 aliphatic rings. The van der Waals surface area contributed by atoms with Crippen LogP contribution in [-0.2, 0) is 9.53 Å². The van der Waals surface area contributed by atoms with E-state index in [9.17, 15) is 4.79 Å². The molecular weight excluding hydrogens is 166 g/mol. The van der Waals surface area contributed by atoms with Crippen LogP contribution in [0, 0.1) is 0 Å². The lowest BCUT2D eigenvalue weighted by Gasteiger charge is -2.14. The maximum Gasteiger partial charge on any atom is 0.322 e. The lowest BCUT2D eigenvalue weighted by molar-refractivity contribution is -0.143. The van der Waals surface area contributed by atoms with Crippen molar-refractivity contribution in [1.82, 2.24) is 5.32 Å². The zero-order valence-corrected chi connectivity index (χ0v) is 8.93. The minimum absolute atomic E-state index is 0.110. The van der Waals surface area contributed by atoms with E-state index in [4.69, 9.17) is 4.74 Å². The van der Waals surface area contributed by atoms with Crippen molar-refractivity contribution in [2.45, 2.75) is 45.6 Å². The lowest BCUT2D eigenvalue weighted by atomic mass is 10.1. The SMILES string of the molecule is CCCCCC(NCC)C(=O)OC. The van der Waals surface area contributed by atoms with Crippen LogP contribution in [-0.4, -0.2) is 25.7 Å². The fourth-order valence-electron chi connectivity index (χ4n) is 1.29. The molecule has 0 saturated heterocycles. The summed E-state index contributed by atoms with van der Waals surface area (Å²) in [6, 6.07) is -0.110. The molecule has 1 unspecified atom stereocenters. The molecule has 78 valence electrons. The number of likely N-dealkylation sites (N-methyl/N-ethyl adjacent to an activating group) is 1. The van der Waals surface area contributed by atoms with Crippen molar-refractivity contribution < 1.29 is 9.53 Å². The molecule has 0 aromatic heterocycles. The van der Waals surface area contributed by atoms with Crippen LogP contribution in [0.15, 0.2) is 0 Å². The zero-order chi connectivity index (χ0) is 10.1. The van der Waals surface area contributed by atoms with Crippen molar-refractivity contribution in [3.8, 4) is 0 Å². The molecule has 0 rings (SSSR count). The van der Waals surface area contributed by atoms with E-state index in [0.717, 1.165) is 19.4 Å². The Bertz CT molecular complexity index is 137. The van der Waals surface area contributed by atoms with Crippen molar-refractivity contribution >= 4 is 5.97 Å². The number of hydrogen-bond acceptors (Lipinski definition) is 3. The molecule has 0 aromatic rings. The van der Waals surface area contributed by atoms with Gasteiger partial charge >= 0.3 is 5.97 Å². The van der Waals surface area contributed by atoms with Crippen LogP contribution in [0.5, 0.6) is 0 Å². The molecule has 0 bridgehead atoms. The first-order chi connectivity index (χ1) is 6.26. The Kier molecular flexibility index (Phi) is 7.69. The molecular formula is C10H21NO2. The summed E-state index contributed by atoms with van der Waals surface area (Å²) in [5, 5.41) is 3.12. The lowest BCUT2D eigenvalue weighted by Crippen LogP contribution is -2.37. The maximum absolute atomic E-state index is 11.2. The van der Waals surface area contributed by atoms with Gasteiger partial charge in [-0.1, -0.05) is 33.1 Å². The van der Waals surface area contributed by atoms with E-state index in [1.165, 1.54) is 20.0 Å². The van der Waals surface area contributed by atoms with Crippen LogP contribution in [0.25, 0.3) is 0 Å². The predicted octanol–water partition coefficient (Wildman–Crippen LogP) is 1.72. The molecule has 0 aliphatic carbocycles. The molecule has 0 radical (unpaired) electrons. The summed E-state index contributed by atoms with van der Waals surface area (Å²) in [4.78, 5) is 11.2. The van der Waals surface area contributed by atoms with Crippen molar-refractivity contribution in [1.29, 1.82) is 0 Å². The van der Waals surface area contributed by atoms with Gasteiger partial charge in [-0.2, -0.15) is 0 Å². The van der Waals surface area contributed by atoms with Crippen molar-refractivity contribution in [2.75, 3.05) is 13.7 Å². The first kappa shape index (κ1) is 12.4.